The van der Waals surface area contributed by atoms with Gasteiger partial charge in [-0.25, -0.2) is 4.98 Å². The summed E-state index contributed by atoms with van der Waals surface area (Å²) in [5.41, 5.74) is 2.08. The number of hydrogen-bond acceptors (Lipinski definition) is 7. The molecule has 1 amide bonds. The van der Waals surface area contributed by atoms with Gasteiger partial charge in [-0.05, 0) is 63.1 Å². The van der Waals surface area contributed by atoms with E-state index in [0.29, 0.717) is 31.0 Å². The quantitative estimate of drug-likeness (QED) is 0.582. The number of piperidine rings is 1. The van der Waals surface area contributed by atoms with Gasteiger partial charge in [0.25, 0.3) is 0 Å². The van der Waals surface area contributed by atoms with E-state index in [9.17, 15) is 4.79 Å². The van der Waals surface area contributed by atoms with Crippen molar-refractivity contribution in [3.05, 3.63) is 42.1 Å². The van der Waals surface area contributed by atoms with Gasteiger partial charge in [-0.3, -0.25) is 14.8 Å². The van der Waals surface area contributed by atoms with Crippen LogP contribution in [-0.2, 0) is 14.9 Å². The SMILES string of the molecule is O=C(Nc1cncc(C2CCCC2)n1)C1(c2ccc(N3CCC[C@@H](NCC4CCC4)C3)cn2)COC1. The number of nitrogens with zero attached hydrogens (tertiary/aromatic N) is 4. The van der Waals surface area contributed by atoms with Gasteiger partial charge in [0.15, 0.2) is 5.82 Å². The van der Waals surface area contributed by atoms with Crippen LogP contribution in [0.5, 0.6) is 0 Å². The summed E-state index contributed by atoms with van der Waals surface area (Å²) in [5, 5.41) is 6.81. The number of amides is 1. The van der Waals surface area contributed by atoms with Crippen molar-refractivity contribution in [1.82, 2.24) is 20.3 Å². The van der Waals surface area contributed by atoms with Crippen molar-refractivity contribution in [3.8, 4) is 0 Å². The minimum absolute atomic E-state index is 0.120. The predicted octanol–water partition coefficient (Wildman–Crippen LogP) is 3.79. The second-order valence-corrected chi connectivity index (χ2v) is 11.2. The van der Waals surface area contributed by atoms with Gasteiger partial charge in [0.1, 0.15) is 5.41 Å². The highest BCUT2D eigenvalue weighted by molar-refractivity contribution is 5.99. The van der Waals surface area contributed by atoms with Crippen molar-refractivity contribution in [3.63, 3.8) is 0 Å². The van der Waals surface area contributed by atoms with Crippen LogP contribution in [0.4, 0.5) is 11.5 Å². The number of rotatable bonds is 8. The fourth-order valence-electron chi connectivity index (χ4n) is 6.06. The molecule has 2 N–H and O–H groups in total. The van der Waals surface area contributed by atoms with Crippen molar-refractivity contribution >= 4 is 17.4 Å². The zero-order valence-corrected chi connectivity index (χ0v) is 21.1. The molecule has 2 aliphatic heterocycles. The monoisotopic (exact) mass is 490 g/mol. The lowest BCUT2D eigenvalue weighted by atomic mass is 9.81. The van der Waals surface area contributed by atoms with Crippen molar-refractivity contribution < 1.29 is 9.53 Å². The molecular weight excluding hydrogens is 452 g/mol. The molecule has 0 unspecified atom stereocenters. The molecule has 0 spiro atoms. The molecule has 0 aromatic carbocycles. The largest absolute Gasteiger partial charge is 0.378 e. The number of ether oxygens (including phenoxy) is 1. The van der Waals surface area contributed by atoms with E-state index < -0.39 is 5.41 Å². The van der Waals surface area contributed by atoms with E-state index in [1.165, 1.54) is 44.9 Å². The van der Waals surface area contributed by atoms with Crippen LogP contribution in [-0.4, -0.2) is 59.7 Å². The van der Waals surface area contributed by atoms with Crippen LogP contribution in [0.1, 0.15) is 75.1 Å². The Balaban J connectivity index is 1.10. The summed E-state index contributed by atoms with van der Waals surface area (Å²) < 4.78 is 5.52. The van der Waals surface area contributed by atoms with Crippen LogP contribution in [0.3, 0.4) is 0 Å². The molecule has 8 heteroatoms. The molecule has 4 fully saturated rings. The number of aromatic nitrogens is 3. The molecule has 0 radical (unpaired) electrons. The minimum atomic E-state index is -0.779. The molecule has 192 valence electrons. The van der Waals surface area contributed by atoms with Crippen LogP contribution in [0.25, 0.3) is 0 Å². The molecule has 4 heterocycles. The van der Waals surface area contributed by atoms with Gasteiger partial charge in [0, 0.05) is 31.2 Å². The molecule has 8 nitrogen and oxygen atoms in total. The zero-order valence-electron chi connectivity index (χ0n) is 21.1. The first-order valence-corrected chi connectivity index (χ1v) is 13.9. The van der Waals surface area contributed by atoms with Gasteiger partial charge in [-0.15, -0.1) is 0 Å². The molecule has 4 aliphatic rings. The maximum atomic E-state index is 13.4. The third kappa shape index (κ3) is 4.85. The highest BCUT2D eigenvalue weighted by atomic mass is 16.5. The van der Waals surface area contributed by atoms with E-state index in [4.69, 9.17) is 14.7 Å². The molecule has 2 aromatic rings. The average Bonchev–Trinajstić information content (AvgIpc) is 3.39. The summed E-state index contributed by atoms with van der Waals surface area (Å²) in [6.07, 6.45) is 16.7. The summed E-state index contributed by atoms with van der Waals surface area (Å²) in [7, 11) is 0. The predicted molar refractivity (Wildman–Crippen MR) is 139 cm³/mol. The second kappa shape index (κ2) is 10.4. The molecular formula is C28H38N6O2. The van der Waals surface area contributed by atoms with E-state index in [2.05, 4.69) is 26.6 Å². The van der Waals surface area contributed by atoms with Gasteiger partial charge >= 0.3 is 0 Å². The van der Waals surface area contributed by atoms with E-state index >= 15 is 0 Å². The van der Waals surface area contributed by atoms with E-state index in [-0.39, 0.29) is 5.91 Å². The number of carbonyl (C=O) groups is 1. The minimum Gasteiger partial charge on any atom is -0.378 e. The fourth-order valence-corrected chi connectivity index (χ4v) is 6.06. The number of pyridine rings is 1. The molecule has 1 atom stereocenters. The average molecular weight is 491 g/mol. The third-order valence-corrected chi connectivity index (χ3v) is 8.74. The summed E-state index contributed by atoms with van der Waals surface area (Å²) in [6.45, 7) is 3.88. The van der Waals surface area contributed by atoms with E-state index in [1.54, 1.807) is 6.20 Å². The fraction of sp³-hybridized carbons (Fsp3) is 0.643. The molecule has 2 aromatic heterocycles. The normalized spacial score (nSPS) is 24.2. The lowest BCUT2D eigenvalue weighted by Crippen LogP contribution is -2.56. The first-order chi connectivity index (χ1) is 17.7. The van der Waals surface area contributed by atoms with E-state index in [1.807, 2.05) is 18.5 Å². The van der Waals surface area contributed by atoms with Crippen LogP contribution in [0, 0.1) is 5.92 Å². The Morgan fingerprint density at radius 3 is 2.58 bits per heavy atom. The Morgan fingerprint density at radius 1 is 1.03 bits per heavy atom. The van der Waals surface area contributed by atoms with Gasteiger partial charge in [0.2, 0.25) is 5.91 Å². The number of nitrogens with one attached hydrogen (secondary N) is 2. The maximum Gasteiger partial charge on any atom is 0.242 e. The van der Waals surface area contributed by atoms with Crippen LogP contribution in [0.15, 0.2) is 30.7 Å². The van der Waals surface area contributed by atoms with Crippen LogP contribution in [0.2, 0.25) is 0 Å². The summed E-state index contributed by atoms with van der Waals surface area (Å²) in [5.74, 6) is 1.73. The van der Waals surface area contributed by atoms with Crippen LogP contribution < -0.4 is 15.5 Å². The Hall–Kier alpha value is -2.58. The molecule has 6 rings (SSSR count). The summed E-state index contributed by atoms with van der Waals surface area (Å²) in [4.78, 5) is 29.7. The highest BCUT2D eigenvalue weighted by Crippen LogP contribution is 2.35. The Morgan fingerprint density at radius 2 is 1.89 bits per heavy atom. The lowest BCUT2D eigenvalue weighted by Gasteiger charge is -2.39. The molecule has 0 bridgehead atoms. The molecule has 2 aliphatic carbocycles. The van der Waals surface area contributed by atoms with Gasteiger partial charge in [0.05, 0.1) is 42.7 Å². The smallest absolute Gasteiger partial charge is 0.242 e. The second-order valence-electron chi connectivity index (χ2n) is 11.2. The van der Waals surface area contributed by atoms with Gasteiger partial charge in [-0.2, -0.15) is 0 Å². The summed E-state index contributed by atoms with van der Waals surface area (Å²) >= 11 is 0. The molecule has 2 saturated carbocycles. The molecule has 36 heavy (non-hydrogen) atoms. The number of anilines is 2. The standard InChI is InChI=1S/C28H38N6O2/c35-27(33-26-16-29-15-24(32-26)21-7-1-2-8-21)28(18-36-19-28)25-11-10-23(14-31-25)34-12-4-9-22(17-34)30-13-20-5-3-6-20/h10-11,14-16,20-22,30H,1-9,12-13,17-19H2,(H,32,33,35)/t22-/m1/s1. The highest BCUT2D eigenvalue weighted by Gasteiger charge is 2.49. The topological polar surface area (TPSA) is 92.3 Å². The van der Waals surface area contributed by atoms with Crippen molar-refractivity contribution in [2.24, 2.45) is 5.92 Å². The number of carbonyl (C=O) groups excluding carboxylic acids is 1. The molecule has 2 saturated heterocycles. The number of hydrogen-bond donors (Lipinski definition) is 2. The lowest BCUT2D eigenvalue weighted by molar-refractivity contribution is -0.140. The van der Waals surface area contributed by atoms with Gasteiger partial charge < -0.3 is 20.3 Å². The van der Waals surface area contributed by atoms with Crippen molar-refractivity contribution in [2.45, 2.75) is 75.2 Å². The third-order valence-electron chi connectivity index (χ3n) is 8.74. The summed E-state index contributed by atoms with van der Waals surface area (Å²) in [6, 6.07) is 4.66. The van der Waals surface area contributed by atoms with Crippen molar-refractivity contribution in [2.75, 3.05) is 43.1 Å². The Bertz CT molecular complexity index is 1050. The zero-order chi connectivity index (χ0) is 24.4. The first kappa shape index (κ1) is 23.8. The Labute approximate surface area is 213 Å². The van der Waals surface area contributed by atoms with E-state index in [0.717, 1.165) is 55.5 Å². The van der Waals surface area contributed by atoms with Gasteiger partial charge in [-0.1, -0.05) is 19.3 Å². The first-order valence-electron chi connectivity index (χ1n) is 13.9. The maximum absolute atomic E-state index is 13.4. The van der Waals surface area contributed by atoms with Crippen LogP contribution >= 0.6 is 0 Å². The Kier molecular flexibility index (Phi) is 6.89. The van der Waals surface area contributed by atoms with Crippen molar-refractivity contribution in [1.29, 1.82) is 0 Å².